The third kappa shape index (κ3) is 6.03. The third-order valence-electron chi connectivity index (χ3n) is 3.79. The molecule has 0 spiro atoms. The first-order chi connectivity index (χ1) is 10.8. The first kappa shape index (κ1) is 16.8. The van der Waals surface area contributed by atoms with Crippen molar-refractivity contribution in [3.63, 3.8) is 0 Å². The van der Waals surface area contributed by atoms with E-state index < -0.39 is 0 Å². The van der Waals surface area contributed by atoms with E-state index in [-0.39, 0.29) is 5.91 Å². The molecule has 0 aliphatic carbocycles. The molecule has 1 aromatic rings. The van der Waals surface area contributed by atoms with Gasteiger partial charge in [0.2, 0.25) is 5.91 Å². The monoisotopic (exact) mass is 306 g/mol. The number of methoxy groups -OCH3 is 1. The van der Waals surface area contributed by atoms with Crippen LogP contribution in [0.25, 0.3) is 0 Å². The molecule has 5 nitrogen and oxygen atoms in total. The Balaban J connectivity index is 1.53. The number of amides is 1. The first-order valence-corrected chi connectivity index (χ1v) is 8.00. The minimum Gasteiger partial charge on any atom is -0.497 e. The van der Waals surface area contributed by atoms with E-state index in [9.17, 15) is 4.79 Å². The van der Waals surface area contributed by atoms with Gasteiger partial charge in [-0.1, -0.05) is 12.1 Å². The van der Waals surface area contributed by atoms with E-state index >= 15 is 0 Å². The zero-order chi connectivity index (χ0) is 15.6. The van der Waals surface area contributed by atoms with Gasteiger partial charge in [0.1, 0.15) is 5.75 Å². The largest absolute Gasteiger partial charge is 0.497 e. The number of hydrogen-bond donors (Lipinski definition) is 2. The van der Waals surface area contributed by atoms with Gasteiger partial charge in [0.25, 0.3) is 0 Å². The fourth-order valence-corrected chi connectivity index (χ4v) is 2.53. The molecule has 5 heteroatoms. The van der Waals surface area contributed by atoms with E-state index in [1.807, 2.05) is 24.3 Å². The number of ether oxygens (including phenoxy) is 2. The smallest absolute Gasteiger partial charge is 0.221 e. The summed E-state index contributed by atoms with van der Waals surface area (Å²) < 4.78 is 10.7. The maximum atomic E-state index is 11.7. The second-order valence-electron chi connectivity index (χ2n) is 5.54. The van der Waals surface area contributed by atoms with E-state index in [2.05, 4.69) is 10.6 Å². The lowest BCUT2D eigenvalue weighted by atomic mass is 10.1. The van der Waals surface area contributed by atoms with Crippen LogP contribution in [0.3, 0.4) is 0 Å². The van der Waals surface area contributed by atoms with E-state index in [1.165, 1.54) is 0 Å². The van der Waals surface area contributed by atoms with Crippen molar-refractivity contribution in [1.82, 2.24) is 10.6 Å². The van der Waals surface area contributed by atoms with Crippen LogP contribution in [-0.4, -0.2) is 45.4 Å². The van der Waals surface area contributed by atoms with Crippen molar-refractivity contribution < 1.29 is 14.3 Å². The molecule has 1 aromatic carbocycles. The fraction of sp³-hybridized carbons (Fsp3) is 0.588. The van der Waals surface area contributed by atoms with Gasteiger partial charge in [0.15, 0.2) is 0 Å². The molecule has 2 rings (SSSR count). The summed E-state index contributed by atoms with van der Waals surface area (Å²) >= 11 is 0. The topological polar surface area (TPSA) is 59.6 Å². The van der Waals surface area contributed by atoms with Crippen LogP contribution < -0.4 is 15.4 Å². The molecule has 1 heterocycles. The van der Waals surface area contributed by atoms with Crippen molar-refractivity contribution in [1.29, 1.82) is 0 Å². The van der Waals surface area contributed by atoms with Crippen LogP contribution >= 0.6 is 0 Å². The normalized spacial score (nSPS) is 17.4. The van der Waals surface area contributed by atoms with Gasteiger partial charge in [-0.05, 0) is 37.0 Å². The van der Waals surface area contributed by atoms with E-state index in [0.29, 0.717) is 25.6 Å². The molecule has 1 aliphatic rings. The number of rotatable bonds is 9. The minimum atomic E-state index is 0.0859. The number of hydrogen-bond acceptors (Lipinski definition) is 4. The average molecular weight is 306 g/mol. The highest BCUT2D eigenvalue weighted by Gasteiger charge is 2.14. The summed E-state index contributed by atoms with van der Waals surface area (Å²) in [6, 6.07) is 7.92. The lowest BCUT2D eigenvalue weighted by Gasteiger charge is -2.10. The molecule has 0 aromatic heterocycles. The molecule has 1 atom stereocenters. The lowest BCUT2D eigenvalue weighted by molar-refractivity contribution is -0.120. The zero-order valence-corrected chi connectivity index (χ0v) is 13.3. The molecule has 0 bridgehead atoms. The van der Waals surface area contributed by atoms with Crippen LogP contribution in [0.2, 0.25) is 0 Å². The van der Waals surface area contributed by atoms with Crippen LogP contribution in [0.15, 0.2) is 24.3 Å². The molecular weight excluding hydrogens is 280 g/mol. The highest BCUT2D eigenvalue weighted by molar-refractivity contribution is 5.76. The standard InChI is InChI=1S/C17H26N2O3/c1-21-15-5-2-4-14(12-15)7-10-19-17(20)8-9-18-13-16-6-3-11-22-16/h2,4-5,12,16,18H,3,6-11,13H2,1H3,(H,19,20). The van der Waals surface area contributed by atoms with E-state index in [1.54, 1.807) is 7.11 Å². The molecule has 1 fully saturated rings. The number of benzene rings is 1. The van der Waals surface area contributed by atoms with E-state index in [4.69, 9.17) is 9.47 Å². The second-order valence-corrected chi connectivity index (χ2v) is 5.54. The highest BCUT2D eigenvalue weighted by Crippen LogP contribution is 2.12. The Morgan fingerprint density at radius 2 is 2.32 bits per heavy atom. The van der Waals surface area contributed by atoms with Gasteiger partial charge in [-0.25, -0.2) is 0 Å². The quantitative estimate of drug-likeness (QED) is 0.679. The Kier molecular flexibility index (Phi) is 7.19. The first-order valence-electron chi connectivity index (χ1n) is 8.00. The summed E-state index contributed by atoms with van der Waals surface area (Å²) in [6.45, 7) is 3.07. The van der Waals surface area contributed by atoms with Crippen LogP contribution in [0.5, 0.6) is 5.75 Å². The number of nitrogens with one attached hydrogen (secondary N) is 2. The fourth-order valence-electron chi connectivity index (χ4n) is 2.53. The van der Waals surface area contributed by atoms with Crippen LogP contribution in [0.1, 0.15) is 24.8 Å². The van der Waals surface area contributed by atoms with Gasteiger partial charge in [-0.2, -0.15) is 0 Å². The van der Waals surface area contributed by atoms with Gasteiger partial charge in [-0.3, -0.25) is 4.79 Å². The molecule has 1 amide bonds. The summed E-state index contributed by atoms with van der Waals surface area (Å²) in [5, 5.41) is 6.23. The zero-order valence-electron chi connectivity index (χ0n) is 13.3. The molecule has 0 radical (unpaired) electrons. The Morgan fingerprint density at radius 3 is 3.09 bits per heavy atom. The molecule has 1 aliphatic heterocycles. The average Bonchev–Trinajstić information content (AvgIpc) is 3.05. The molecular formula is C17H26N2O3. The Bertz CT molecular complexity index is 459. The lowest BCUT2D eigenvalue weighted by Crippen LogP contribution is -2.32. The molecule has 22 heavy (non-hydrogen) atoms. The second kappa shape index (κ2) is 9.43. The van der Waals surface area contributed by atoms with Crippen molar-refractivity contribution in [3.8, 4) is 5.75 Å². The third-order valence-corrected chi connectivity index (χ3v) is 3.79. The molecule has 1 unspecified atom stereocenters. The summed E-state index contributed by atoms with van der Waals surface area (Å²) in [5.74, 6) is 0.935. The van der Waals surface area contributed by atoms with Gasteiger partial charge in [0.05, 0.1) is 13.2 Å². The van der Waals surface area contributed by atoms with Crippen molar-refractivity contribution in [2.45, 2.75) is 31.8 Å². The summed E-state index contributed by atoms with van der Waals surface area (Å²) in [4.78, 5) is 11.7. The van der Waals surface area contributed by atoms with Crippen molar-refractivity contribution in [2.75, 3.05) is 33.4 Å². The summed E-state index contributed by atoms with van der Waals surface area (Å²) in [7, 11) is 1.66. The van der Waals surface area contributed by atoms with Gasteiger partial charge in [-0.15, -0.1) is 0 Å². The minimum absolute atomic E-state index is 0.0859. The van der Waals surface area contributed by atoms with E-state index in [0.717, 1.165) is 43.7 Å². The van der Waals surface area contributed by atoms with Gasteiger partial charge in [0, 0.05) is 32.7 Å². The van der Waals surface area contributed by atoms with Crippen molar-refractivity contribution in [3.05, 3.63) is 29.8 Å². The SMILES string of the molecule is COc1cccc(CCNC(=O)CCNCC2CCCO2)c1. The van der Waals surface area contributed by atoms with Crippen LogP contribution in [0, 0.1) is 0 Å². The van der Waals surface area contributed by atoms with Gasteiger partial charge < -0.3 is 20.1 Å². The summed E-state index contributed by atoms with van der Waals surface area (Å²) in [5.41, 5.74) is 1.16. The molecule has 0 saturated carbocycles. The number of carbonyl (C=O) groups excluding carboxylic acids is 1. The predicted molar refractivity (Wildman–Crippen MR) is 86.2 cm³/mol. The Hall–Kier alpha value is -1.59. The molecule has 1 saturated heterocycles. The maximum absolute atomic E-state index is 11.7. The molecule has 2 N–H and O–H groups in total. The number of carbonyl (C=O) groups is 1. The van der Waals surface area contributed by atoms with Crippen LogP contribution in [0.4, 0.5) is 0 Å². The highest BCUT2D eigenvalue weighted by atomic mass is 16.5. The predicted octanol–water partition coefficient (Wildman–Crippen LogP) is 1.51. The maximum Gasteiger partial charge on any atom is 0.221 e. The Morgan fingerprint density at radius 1 is 1.41 bits per heavy atom. The van der Waals surface area contributed by atoms with Crippen LogP contribution in [-0.2, 0) is 16.0 Å². The van der Waals surface area contributed by atoms with Crippen molar-refractivity contribution in [2.24, 2.45) is 0 Å². The van der Waals surface area contributed by atoms with Gasteiger partial charge >= 0.3 is 0 Å². The Labute approximate surface area is 132 Å². The summed E-state index contributed by atoms with van der Waals surface area (Å²) in [6.07, 6.45) is 3.92. The van der Waals surface area contributed by atoms with Crippen molar-refractivity contribution >= 4 is 5.91 Å². The molecule has 122 valence electrons.